The Morgan fingerprint density at radius 1 is 0.824 bits per heavy atom. The van der Waals surface area contributed by atoms with Crippen LogP contribution in [-0.2, 0) is 0 Å². The van der Waals surface area contributed by atoms with Crippen molar-refractivity contribution in [2.45, 2.75) is 0 Å². The van der Waals surface area contributed by atoms with E-state index in [2.05, 4.69) is 0 Å². The second kappa shape index (κ2) is 4.37. The topological polar surface area (TPSA) is 0 Å². The van der Waals surface area contributed by atoms with Crippen LogP contribution >= 0.6 is 11.6 Å². The fraction of sp³-hybridized carbons (Fsp3) is 0. The van der Waals surface area contributed by atoms with E-state index in [0.717, 1.165) is 6.07 Å². The van der Waals surface area contributed by atoms with Crippen molar-refractivity contribution >= 4 is 11.6 Å². The largest absolute Gasteiger partial charge is 0.206 e. The molecule has 0 nitrogen and oxygen atoms in total. The fourth-order valence-electron chi connectivity index (χ4n) is 1.47. The van der Waals surface area contributed by atoms with E-state index in [-0.39, 0.29) is 16.1 Å². The van der Waals surface area contributed by atoms with Crippen molar-refractivity contribution in [1.29, 1.82) is 0 Å². The van der Waals surface area contributed by atoms with Crippen LogP contribution in [0.15, 0.2) is 30.3 Å². The van der Waals surface area contributed by atoms with Crippen LogP contribution in [0.25, 0.3) is 11.1 Å². The number of halogens is 5. The van der Waals surface area contributed by atoms with Crippen molar-refractivity contribution < 1.29 is 17.6 Å². The Hall–Kier alpha value is -1.55. The maximum atomic E-state index is 13.5. The first kappa shape index (κ1) is 11.9. The summed E-state index contributed by atoms with van der Waals surface area (Å²) in [6, 6.07) is 5.22. The highest BCUT2D eigenvalue weighted by Gasteiger charge is 2.15. The van der Waals surface area contributed by atoms with Gasteiger partial charge in [0, 0.05) is 5.56 Å². The molecule has 0 unspecified atom stereocenters. The van der Waals surface area contributed by atoms with Crippen LogP contribution in [0, 0.1) is 23.3 Å². The average Bonchev–Trinajstić information content (AvgIpc) is 2.25. The lowest BCUT2D eigenvalue weighted by Gasteiger charge is -2.07. The zero-order valence-electron chi connectivity index (χ0n) is 8.28. The molecule has 0 heterocycles. The van der Waals surface area contributed by atoms with Crippen LogP contribution in [-0.4, -0.2) is 0 Å². The van der Waals surface area contributed by atoms with Gasteiger partial charge in [-0.1, -0.05) is 17.7 Å². The van der Waals surface area contributed by atoms with Crippen LogP contribution < -0.4 is 0 Å². The van der Waals surface area contributed by atoms with Gasteiger partial charge < -0.3 is 0 Å². The molecule has 0 N–H and O–H groups in total. The summed E-state index contributed by atoms with van der Waals surface area (Å²) >= 11 is 5.73. The molecule has 0 aliphatic heterocycles. The molecule has 0 aliphatic rings. The third kappa shape index (κ3) is 2.13. The molecule has 0 saturated carbocycles. The smallest absolute Gasteiger partial charge is 0.194 e. The standard InChI is InChI=1S/C12H5ClF4/c13-7-2-1-3-8(14)11(7)6-4-9(15)12(17)10(16)5-6/h1-5H. The molecule has 0 radical (unpaired) electrons. The van der Waals surface area contributed by atoms with Gasteiger partial charge in [0.2, 0.25) is 0 Å². The Morgan fingerprint density at radius 3 is 1.94 bits per heavy atom. The Balaban J connectivity index is 2.69. The van der Waals surface area contributed by atoms with E-state index in [0.29, 0.717) is 12.1 Å². The van der Waals surface area contributed by atoms with E-state index in [1.807, 2.05) is 0 Å². The molecule has 0 aromatic heterocycles. The SMILES string of the molecule is Fc1cc(-c2c(F)cccc2Cl)cc(F)c1F. The highest BCUT2D eigenvalue weighted by Crippen LogP contribution is 2.32. The van der Waals surface area contributed by atoms with Gasteiger partial charge >= 0.3 is 0 Å². The normalized spacial score (nSPS) is 10.6. The van der Waals surface area contributed by atoms with Crippen LogP contribution in [0.4, 0.5) is 17.6 Å². The summed E-state index contributed by atoms with van der Waals surface area (Å²) in [7, 11) is 0. The molecular formula is C12H5ClF4. The third-order valence-corrected chi connectivity index (χ3v) is 2.55. The first-order valence-electron chi connectivity index (χ1n) is 4.59. The van der Waals surface area contributed by atoms with Gasteiger partial charge in [-0.05, 0) is 29.8 Å². The summed E-state index contributed by atoms with van der Waals surface area (Å²) in [5.41, 5.74) is -0.309. The fourth-order valence-corrected chi connectivity index (χ4v) is 1.75. The van der Waals surface area contributed by atoms with Gasteiger partial charge in [-0.25, -0.2) is 17.6 Å². The first-order chi connectivity index (χ1) is 8.00. The molecule has 2 aromatic carbocycles. The molecule has 2 aromatic rings. The van der Waals surface area contributed by atoms with Crippen molar-refractivity contribution in [3.05, 3.63) is 58.6 Å². The van der Waals surface area contributed by atoms with E-state index in [1.54, 1.807) is 0 Å². The maximum Gasteiger partial charge on any atom is 0.194 e. The minimum absolute atomic E-state index is 0.00425. The van der Waals surface area contributed by atoms with Crippen molar-refractivity contribution in [3.8, 4) is 11.1 Å². The molecule has 0 fully saturated rings. The molecule has 0 amide bonds. The van der Waals surface area contributed by atoms with Gasteiger partial charge in [-0.15, -0.1) is 0 Å². The lowest BCUT2D eigenvalue weighted by molar-refractivity contribution is 0.447. The molecule has 5 heteroatoms. The Labute approximate surface area is 99.5 Å². The molecule has 0 atom stereocenters. The molecule has 0 aliphatic carbocycles. The van der Waals surface area contributed by atoms with E-state index >= 15 is 0 Å². The third-order valence-electron chi connectivity index (χ3n) is 2.24. The van der Waals surface area contributed by atoms with Crippen molar-refractivity contribution in [2.24, 2.45) is 0 Å². The Morgan fingerprint density at radius 2 is 1.41 bits per heavy atom. The molecule has 2 rings (SSSR count). The highest BCUT2D eigenvalue weighted by atomic mass is 35.5. The van der Waals surface area contributed by atoms with E-state index < -0.39 is 23.3 Å². The number of hydrogen-bond acceptors (Lipinski definition) is 0. The van der Waals surface area contributed by atoms with Crippen LogP contribution in [0.2, 0.25) is 5.02 Å². The highest BCUT2D eigenvalue weighted by molar-refractivity contribution is 6.33. The van der Waals surface area contributed by atoms with Gasteiger partial charge in [0.1, 0.15) is 5.82 Å². The summed E-state index contributed by atoms with van der Waals surface area (Å²) in [4.78, 5) is 0. The summed E-state index contributed by atoms with van der Waals surface area (Å²) in [6.07, 6.45) is 0. The minimum Gasteiger partial charge on any atom is -0.206 e. The number of benzene rings is 2. The zero-order valence-corrected chi connectivity index (χ0v) is 9.03. The second-order valence-electron chi connectivity index (χ2n) is 3.35. The van der Waals surface area contributed by atoms with Crippen molar-refractivity contribution in [1.82, 2.24) is 0 Å². The lowest BCUT2D eigenvalue weighted by Crippen LogP contribution is -1.94. The number of hydrogen-bond donors (Lipinski definition) is 0. The van der Waals surface area contributed by atoms with Crippen LogP contribution in [0.3, 0.4) is 0 Å². The van der Waals surface area contributed by atoms with Gasteiger partial charge in [0.15, 0.2) is 17.5 Å². The first-order valence-corrected chi connectivity index (χ1v) is 4.97. The predicted molar refractivity (Wildman–Crippen MR) is 56.7 cm³/mol. The lowest BCUT2D eigenvalue weighted by atomic mass is 10.0. The van der Waals surface area contributed by atoms with Gasteiger partial charge in [0.25, 0.3) is 0 Å². The quantitative estimate of drug-likeness (QED) is 0.521. The summed E-state index contributed by atoms with van der Waals surface area (Å²) < 4.78 is 52.2. The Bertz CT molecular complexity index is 537. The number of rotatable bonds is 1. The summed E-state index contributed by atoms with van der Waals surface area (Å²) in [5, 5.41) is -0.00425. The molecule has 88 valence electrons. The summed E-state index contributed by atoms with van der Waals surface area (Å²) in [5.74, 6) is -5.11. The average molecular weight is 261 g/mol. The maximum absolute atomic E-state index is 13.5. The van der Waals surface area contributed by atoms with E-state index in [4.69, 9.17) is 11.6 Å². The monoisotopic (exact) mass is 260 g/mol. The van der Waals surface area contributed by atoms with Gasteiger partial charge in [-0.2, -0.15) is 0 Å². The van der Waals surface area contributed by atoms with Crippen molar-refractivity contribution in [3.63, 3.8) is 0 Å². The van der Waals surface area contributed by atoms with Gasteiger partial charge in [-0.3, -0.25) is 0 Å². The molecule has 0 bridgehead atoms. The van der Waals surface area contributed by atoms with Gasteiger partial charge in [0.05, 0.1) is 5.02 Å². The van der Waals surface area contributed by atoms with Crippen LogP contribution in [0.1, 0.15) is 0 Å². The van der Waals surface area contributed by atoms with E-state index in [9.17, 15) is 17.6 Å². The summed E-state index contributed by atoms with van der Waals surface area (Å²) in [6.45, 7) is 0. The minimum atomic E-state index is -1.60. The zero-order chi connectivity index (χ0) is 12.6. The molecular weight excluding hydrogens is 256 g/mol. The molecule has 17 heavy (non-hydrogen) atoms. The van der Waals surface area contributed by atoms with Crippen LogP contribution in [0.5, 0.6) is 0 Å². The van der Waals surface area contributed by atoms with Crippen molar-refractivity contribution in [2.75, 3.05) is 0 Å². The Kier molecular flexibility index (Phi) is 3.07. The predicted octanol–water partition coefficient (Wildman–Crippen LogP) is 4.56. The second-order valence-corrected chi connectivity index (χ2v) is 3.76. The molecule has 0 spiro atoms. The molecule has 0 saturated heterocycles. The van der Waals surface area contributed by atoms with E-state index in [1.165, 1.54) is 12.1 Å².